The second kappa shape index (κ2) is 9.28. The maximum absolute atomic E-state index is 12.9. The molecule has 5 nitrogen and oxygen atoms in total. The van der Waals surface area contributed by atoms with Crippen molar-refractivity contribution in [2.45, 2.75) is 38.4 Å². The minimum Gasteiger partial charge on any atom is -0.326 e. The van der Waals surface area contributed by atoms with Crippen molar-refractivity contribution in [1.29, 1.82) is 0 Å². The number of halogens is 1. The number of carbonyl (C=O) groups excluding carboxylic acids is 1. The van der Waals surface area contributed by atoms with Crippen LogP contribution in [0.1, 0.15) is 43.7 Å². The predicted octanol–water partition coefficient (Wildman–Crippen LogP) is 4.64. The topological polar surface area (TPSA) is 66.5 Å². The molecule has 1 aliphatic rings. The highest BCUT2D eigenvalue weighted by molar-refractivity contribution is 7.88. The van der Waals surface area contributed by atoms with Gasteiger partial charge in [0.05, 0.1) is 11.7 Å². The van der Waals surface area contributed by atoms with Crippen LogP contribution in [0.25, 0.3) is 0 Å². The van der Waals surface area contributed by atoms with Gasteiger partial charge in [-0.3, -0.25) is 4.79 Å². The van der Waals surface area contributed by atoms with Crippen LogP contribution >= 0.6 is 11.6 Å². The van der Waals surface area contributed by atoms with E-state index in [1.54, 1.807) is 24.3 Å². The third-order valence-corrected chi connectivity index (χ3v) is 7.28. The molecule has 2 aromatic carbocycles. The molecule has 1 heterocycles. The van der Waals surface area contributed by atoms with E-state index >= 15 is 0 Å². The number of anilines is 1. The normalized spacial score (nSPS) is 18.0. The van der Waals surface area contributed by atoms with Crippen molar-refractivity contribution in [3.63, 3.8) is 0 Å². The van der Waals surface area contributed by atoms with Gasteiger partial charge in [0.2, 0.25) is 15.9 Å². The lowest BCUT2D eigenvalue weighted by Crippen LogP contribution is -2.44. The first-order chi connectivity index (χ1) is 13.8. The number of carbonyl (C=O) groups is 1. The van der Waals surface area contributed by atoms with E-state index in [0.29, 0.717) is 30.0 Å². The minimum atomic E-state index is -3.52. The molecule has 7 heteroatoms. The molecule has 0 bridgehead atoms. The number of hydrogen-bond acceptors (Lipinski definition) is 3. The molecule has 29 heavy (non-hydrogen) atoms. The van der Waals surface area contributed by atoms with Gasteiger partial charge in [-0.05, 0) is 48.1 Å². The molecule has 1 fully saturated rings. The summed E-state index contributed by atoms with van der Waals surface area (Å²) in [7, 11) is -3.52. The fourth-order valence-corrected chi connectivity index (χ4v) is 5.50. The smallest absolute Gasteiger partial charge is 0.228 e. The van der Waals surface area contributed by atoms with Crippen molar-refractivity contribution in [3.05, 3.63) is 64.7 Å². The number of rotatable bonds is 6. The quantitative estimate of drug-likeness (QED) is 0.719. The maximum Gasteiger partial charge on any atom is 0.228 e. The summed E-state index contributed by atoms with van der Waals surface area (Å²) < 4.78 is 27.2. The van der Waals surface area contributed by atoms with Gasteiger partial charge in [0.1, 0.15) is 0 Å². The Bertz CT molecular complexity index is 976. The van der Waals surface area contributed by atoms with Gasteiger partial charge in [0.25, 0.3) is 0 Å². The maximum atomic E-state index is 12.9. The van der Waals surface area contributed by atoms with Crippen molar-refractivity contribution in [3.8, 4) is 0 Å². The van der Waals surface area contributed by atoms with Crippen LogP contribution in [0.4, 0.5) is 5.69 Å². The van der Waals surface area contributed by atoms with Crippen molar-refractivity contribution >= 4 is 33.2 Å². The van der Waals surface area contributed by atoms with Gasteiger partial charge in [-0.1, -0.05) is 55.8 Å². The number of nitrogens with one attached hydrogen (secondary N) is 1. The fraction of sp³-hybridized carbons (Fsp3) is 0.409. The summed E-state index contributed by atoms with van der Waals surface area (Å²) in [6.45, 7) is 4.80. The molecule has 2 aromatic rings. The van der Waals surface area contributed by atoms with E-state index < -0.39 is 10.0 Å². The van der Waals surface area contributed by atoms with Crippen LogP contribution in [0, 0.1) is 5.92 Å². The molecule has 0 spiro atoms. The Morgan fingerprint density at radius 3 is 2.69 bits per heavy atom. The Morgan fingerprint density at radius 1 is 1.21 bits per heavy atom. The lowest BCUT2D eigenvalue weighted by Gasteiger charge is -2.31. The summed E-state index contributed by atoms with van der Waals surface area (Å²) in [5.41, 5.74) is 2.52. The van der Waals surface area contributed by atoms with Crippen LogP contribution in [0.2, 0.25) is 5.02 Å². The van der Waals surface area contributed by atoms with E-state index in [2.05, 4.69) is 19.2 Å². The summed E-state index contributed by atoms with van der Waals surface area (Å²) >= 11 is 5.97. The average Bonchev–Trinajstić information content (AvgIpc) is 2.68. The molecule has 0 aliphatic carbocycles. The second-order valence-electron chi connectivity index (χ2n) is 7.81. The van der Waals surface area contributed by atoms with Gasteiger partial charge in [0, 0.05) is 23.8 Å². The standard InChI is InChI=1S/C22H27ClN2O3S/c1-16(2)20-10-3-4-11-21(20)24-22(26)18-8-6-12-25(14-18)29(27,28)15-17-7-5-9-19(23)13-17/h3-5,7,9-11,13,16,18H,6,8,12,14-15H2,1-2H3,(H,24,26). The van der Waals surface area contributed by atoms with Crippen LogP contribution in [0.15, 0.2) is 48.5 Å². The number of nitrogens with zero attached hydrogens (tertiary/aromatic N) is 1. The summed E-state index contributed by atoms with van der Waals surface area (Å²) in [5.74, 6) is -0.316. The van der Waals surface area contributed by atoms with Crippen molar-refractivity contribution in [2.75, 3.05) is 18.4 Å². The summed E-state index contributed by atoms with van der Waals surface area (Å²) in [6.07, 6.45) is 1.34. The molecule has 1 N–H and O–H groups in total. The van der Waals surface area contributed by atoms with Gasteiger partial charge >= 0.3 is 0 Å². The average molecular weight is 435 g/mol. The van der Waals surface area contributed by atoms with Crippen molar-refractivity contribution in [1.82, 2.24) is 4.31 Å². The van der Waals surface area contributed by atoms with Gasteiger partial charge in [-0.15, -0.1) is 0 Å². The largest absolute Gasteiger partial charge is 0.326 e. The first-order valence-corrected chi connectivity index (χ1v) is 11.9. The number of amides is 1. The predicted molar refractivity (Wildman–Crippen MR) is 118 cm³/mol. The second-order valence-corrected chi connectivity index (χ2v) is 10.2. The van der Waals surface area contributed by atoms with E-state index in [4.69, 9.17) is 11.6 Å². The van der Waals surface area contributed by atoms with E-state index in [0.717, 1.165) is 11.3 Å². The molecule has 3 rings (SSSR count). The molecule has 0 aromatic heterocycles. The van der Waals surface area contributed by atoms with Crippen molar-refractivity contribution < 1.29 is 13.2 Å². The molecule has 0 radical (unpaired) electrons. The van der Waals surface area contributed by atoms with Crippen molar-refractivity contribution in [2.24, 2.45) is 5.92 Å². The molecule has 156 valence electrons. The first-order valence-electron chi connectivity index (χ1n) is 9.88. The van der Waals surface area contributed by atoms with E-state index in [1.807, 2.05) is 24.3 Å². The Hall–Kier alpha value is -1.89. The van der Waals surface area contributed by atoms with Gasteiger partial charge < -0.3 is 5.32 Å². The van der Waals surface area contributed by atoms with E-state index in [1.165, 1.54) is 4.31 Å². The number of piperidine rings is 1. The van der Waals surface area contributed by atoms with Crippen LogP contribution in [-0.2, 0) is 20.6 Å². The third-order valence-electron chi connectivity index (χ3n) is 5.23. The third kappa shape index (κ3) is 5.59. The molecule has 1 aliphatic heterocycles. The Labute approximate surface area is 178 Å². The zero-order valence-electron chi connectivity index (χ0n) is 16.8. The number of sulfonamides is 1. The highest BCUT2D eigenvalue weighted by Crippen LogP contribution is 2.27. The molecule has 1 unspecified atom stereocenters. The summed E-state index contributed by atoms with van der Waals surface area (Å²) in [4.78, 5) is 12.9. The van der Waals surface area contributed by atoms with Gasteiger partial charge in [-0.2, -0.15) is 0 Å². The Balaban J connectivity index is 1.69. The number of hydrogen-bond donors (Lipinski definition) is 1. The molecular formula is C22H27ClN2O3S. The monoisotopic (exact) mass is 434 g/mol. The highest BCUT2D eigenvalue weighted by atomic mass is 35.5. The SMILES string of the molecule is CC(C)c1ccccc1NC(=O)C1CCCN(S(=O)(=O)Cc2cccc(Cl)c2)C1. The number of para-hydroxylation sites is 1. The lowest BCUT2D eigenvalue weighted by molar-refractivity contribution is -0.120. The molecule has 1 amide bonds. The van der Waals surface area contributed by atoms with E-state index in [-0.39, 0.29) is 30.0 Å². The zero-order chi connectivity index (χ0) is 21.0. The Morgan fingerprint density at radius 2 is 1.97 bits per heavy atom. The summed E-state index contributed by atoms with van der Waals surface area (Å²) in [5, 5.41) is 3.52. The van der Waals surface area contributed by atoms with Crippen LogP contribution in [-0.4, -0.2) is 31.7 Å². The highest BCUT2D eigenvalue weighted by Gasteiger charge is 2.32. The van der Waals surface area contributed by atoms with Gasteiger partial charge in [0.15, 0.2) is 0 Å². The van der Waals surface area contributed by atoms with Crippen LogP contribution in [0.5, 0.6) is 0 Å². The minimum absolute atomic E-state index is 0.113. The van der Waals surface area contributed by atoms with E-state index in [9.17, 15) is 13.2 Å². The molecular weight excluding hydrogens is 408 g/mol. The van der Waals surface area contributed by atoms with Crippen LogP contribution < -0.4 is 5.32 Å². The van der Waals surface area contributed by atoms with Gasteiger partial charge in [-0.25, -0.2) is 12.7 Å². The number of benzene rings is 2. The zero-order valence-corrected chi connectivity index (χ0v) is 18.3. The first kappa shape index (κ1) is 21.8. The Kier molecular flexibility index (Phi) is 6.98. The molecule has 1 saturated heterocycles. The molecule has 1 atom stereocenters. The fourth-order valence-electron chi connectivity index (χ4n) is 3.69. The summed E-state index contributed by atoms with van der Waals surface area (Å²) in [6, 6.07) is 14.6. The molecule has 0 saturated carbocycles. The van der Waals surface area contributed by atoms with Crippen LogP contribution in [0.3, 0.4) is 0 Å². The lowest BCUT2D eigenvalue weighted by atomic mass is 9.97.